The number of hydrogen-bond acceptors (Lipinski definition) is 2. The van der Waals surface area contributed by atoms with Crippen molar-refractivity contribution in [1.29, 1.82) is 0 Å². The molecule has 0 heterocycles. The zero-order chi connectivity index (χ0) is 11.4. The normalized spacial score (nSPS) is 12.3. The lowest BCUT2D eigenvalue weighted by atomic mass is 10.1. The van der Waals surface area contributed by atoms with Gasteiger partial charge in [-0.25, -0.2) is 0 Å². The number of aryl methyl sites for hydroxylation is 2. The summed E-state index contributed by atoms with van der Waals surface area (Å²) in [6.45, 7) is 10.3. The molecule has 0 aliphatic carbocycles. The maximum Gasteiger partial charge on any atom is 0.126 e. The van der Waals surface area contributed by atoms with Gasteiger partial charge in [0.15, 0.2) is 0 Å². The molecule has 2 heteroatoms. The first-order chi connectivity index (χ1) is 7.08. The Hall–Kier alpha value is -1.28. The van der Waals surface area contributed by atoms with E-state index in [0.29, 0.717) is 6.54 Å². The molecule has 82 valence electrons. The van der Waals surface area contributed by atoms with Gasteiger partial charge in [-0.3, -0.25) is 0 Å². The highest BCUT2D eigenvalue weighted by atomic mass is 16.5. The molecule has 0 saturated heterocycles. The van der Waals surface area contributed by atoms with E-state index in [1.807, 2.05) is 20.8 Å². The van der Waals surface area contributed by atoms with Crippen molar-refractivity contribution in [3.05, 3.63) is 41.5 Å². The highest BCUT2D eigenvalue weighted by molar-refractivity contribution is 5.43. The molecule has 1 rings (SSSR count). The molecule has 0 fully saturated rings. The van der Waals surface area contributed by atoms with E-state index in [0.717, 1.165) is 22.4 Å². The van der Waals surface area contributed by atoms with E-state index in [1.165, 1.54) is 0 Å². The average Bonchev–Trinajstić information content (AvgIpc) is 2.22. The second kappa shape index (κ2) is 4.99. The van der Waals surface area contributed by atoms with Crippen LogP contribution in [0.25, 0.3) is 0 Å². The first kappa shape index (κ1) is 11.8. The van der Waals surface area contributed by atoms with Gasteiger partial charge >= 0.3 is 0 Å². The van der Waals surface area contributed by atoms with Gasteiger partial charge in [0.1, 0.15) is 11.9 Å². The maximum atomic E-state index is 5.77. The summed E-state index contributed by atoms with van der Waals surface area (Å²) < 4.78 is 5.77. The fraction of sp³-hybridized carbons (Fsp3) is 0.385. The van der Waals surface area contributed by atoms with Crippen LogP contribution in [0.5, 0.6) is 5.75 Å². The Morgan fingerprint density at radius 1 is 1.40 bits per heavy atom. The van der Waals surface area contributed by atoms with Crippen LogP contribution in [0.4, 0.5) is 0 Å². The van der Waals surface area contributed by atoms with E-state index < -0.39 is 0 Å². The molecular weight excluding hydrogens is 186 g/mol. The summed E-state index contributed by atoms with van der Waals surface area (Å²) in [6, 6.07) is 4.14. The van der Waals surface area contributed by atoms with Gasteiger partial charge in [0.2, 0.25) is 0 Å². The molecule has 0 aromatic heterocycles. The monoisotopic (exact) mass is 205 g/mol. The van der Waals surface area contributed by atoms with Crippen LogP contribution in [-0.4, -0.2) is 6.10 Å². The van der Waals surface area contributed by atoms with Gasteiger partial charge in [0.25, 0.3) is 0 Å². The van der Waals surface area contributed by atoms with Crippen molar-refractivity contribution in [3.8, 4) is 5.75 Å². The van der Waals surface area contributed by atoms with Crippen LogP contribution in [0.15, 0.2) is 24.8 Å². The summed E-state index contributed by atoms with van der Waals surface area (Å²) >= 11 is 0. The summed E-state index contributed by atoms with van der Waals surface area (Å²) in [4.78, 5) is 0. The maximum absolute atomic E-state index is 5.77. The molecule has 1 atom stereocenters. The van der Waals surface area contributed by atoms with Crippen LogP contribution in [0.2, 0.25) is 0 Å². The number of rotatable bonds is 4. The van der Waals surface area contributed by atoms with Gasteiger partial charge in [-0.05, 0) is 37.5 Å². The van der Waals surface area contributed by atoms with Gasteiger partial charge < -0.3 is 10.5 Å². The van der Waals surface area contributed by atoms with Crippen molar-refractivity contribution in [3.63, 3.8) is 0 Å². The largest absolute Gasteiger partial charge is 0.486 e. The quantitative estimate of drug-likeness (QED) is 0.767. The Bertz CT molecular complexity index is 335. The summed E-state index contributed by atoms with van der Waals surface area (Å²) in [5, 5.41) is 0. The van der Waals surface area contributed by atoms with Gasteiger partial charge in [-0.1, -0.05) is 24.8 Å². The molecule has 0 spiro atoms. The molecule has 0 amide bonds. The third kappa shape index (κ3) is 2.83. The van der Waals surface area contributed by atoms with Crippen LogP contribution < -0.4 is 10.5 Å². The fourth-order valence-electron chi connectivity index (χ4n) is 1.58. The molecule has 0 saturated carbocycles. The minimum atomic E-state index is 0.0335. The first-order valence-electron chi connectivity index (χ1n) is 5.18. The average molecular weight is 205 g/mol. The second-order valence-corrected chi connectivity index (χ2v) is 3.82. The lowest BCUT2D eigenvalue weighted by Crippen LogP contribution is -2.10. The van der Waals surface area contributed by atoms with Crippen LogP contribution in [0, 0.1) is 13.8 Å². The fourth-order valence-corrected chi connectivity index (χ4v) is 1.58. The second-order valence-electron chi connectivity index (χ2n) is 3.82. The molecule has 0 bridgehead atoms. The molecular formula is C13H19NO. The Labute approximate surface area is 91.7 Å². The summed E-state index contributed by atoms with van der Waals surface area (Å²) in [7, 11) is 0. The lowest BCUT2D eigenvalue weighted by Gasteiger charge is -2.16. The van der Waals surface area contributed by atoms with E-state index in [2.05, 4.69) is 18.7 Å². The molecule has 0 aliphatic rings. The Kier molecular flexibility index (Phi) is 3.92. The van der Waals surface area contributed by atoms with E-state index in [-0.39, 0.29) is 6.10 Å². The number of nitrogens with two attached hydrogens (primary N) is 1. The molecule has 1 aromatic rings. The van der Waals surface area contributed by atoms with Gasteiger partial charge in [-0.15, -0.1) is 0 Å². The summed E-state index contributed by atoms with van der Waals surface area (Å²) in [5.41, 5.74) is 9.01. The van der Waals surface area contributed by atoms with Crippen LogP contribution in [-0.2, 0) is 6.54 Å². The highest BCUT2D eigenvalue weighted by Gasteiger charge is 2.07. The molecule has 1 aromatic carbocycles. The minimum absolute atomic E-state index is 0.0335. The Morgan fingerprint density at radius 3 is 2.33 bits per heavy atom. The van der Waals surface area contributed by atoms with Crippen molar-refractivity contribution < 1.29 is 4.74 Å². The van der Waals surface area contributed by atoms with E-state index >= 15 is 0 Å². The van der Waals surface area contributed by atoms with Crippen LogP contribution in [0.3, 0.4) is 0 Å². The SMILES string of the molecule is C=CC(C)Oc1c(C)cc(CN)cc1C. The first-order valence-corrected chi connectivity index (χ1v) is 5.18. The minimum Gasteiger partial charge on any atom is -0.486 e. The van der Waals surface area contributed by atoms with Crippen molar-refractivity contribution in [2.75, 3.05) is 0 Å². The van der Waals surface area contributed by atoms with Crippen LogP contribution >= 0.6 is 0 Å². The lowest BCUT2D eigenvalue weighted by molar-refractivity contribution is 0.266. The third-order valence-corrected chi connectivity index (χ3v) is 2.39. The van der Waals surface area contributed by atoms with Crippen molar-refractivity contribution in [2.24, 2.45) is 5.73 Å². The zero-order valence-corrected chi connectivity index (χ0v) is 9.71. The number of ether oxygens (including phenoxy) is 1. The topological polar surface area (TPSA) is 35.2 Å². The highest BCUT2D eigenvalue weighted by Crippen LogP contribution is 2.25. The Balaban J connectivity index is 3.02. The third-order valence-electron chi connectivity index (χ3n) is 2.39. The standard InChI is InChI=1S/C13H19NO/c1-5-11(4)15-13-9(2)6-12(8-14)7-10(13)3/h5-7,11H,1,8,14H2,2-4H3. The molecule has 15 heavy (non-hydrogen) atoms. The molecule has 0 aliphatic heterocycles. The predicted molar refractivity (Wildman–Crippen MR) is 64.1 cm³/mol. The van der Waals surface area contributed by atoms with Crippen molar-refractivity contribution in [2.45, 2.75) is 33.4 Å². The van der Waals surface area contributed by atoms with E-state index in [4.69, 9.17) is 10.5 Å². The summed E-state index contributed by atoms with van der Waals surface area (Å²) in [6.07, 6.45) is 1.82. The predicted octanol–water partition coefficient (Wildman–Crippen LogP) is 2.72. The molecule has 1 unspecified atom stereocenters. The smallest absolute Gasteiger partial charge is 0.126 e. The number of hydrogen-bond donors (Lipinski definition) is 1. The zero-order valence-electron chi connectivity index (χ0n) is 9.71. The van der Waals surface area contributed by atoms with Gasteiger partial charge in [0.05, 0.1) is 0 Å². The Morgan fingerprint density at radius 2 is 1.93 bits per heavy atom. The van der Waals surface area contributed by atoms with E-state index in [9.17, 15) is 0 Å². The van der Waals surface area contributed by atoms with Gasteiger partial charge in [-0.2, -0.15) is 0 Å². The van der Waals surface area contributed by atoms with Crippen LogP contribution in [0.1, 0.15) is 23.6 Å². The van der Waals surface area contributed by atoms with Gasteiger partial charge in [0, 0.05) is 6.54 Å². The molecule has 2 N–H and O–H groups in total. The molecule has 2 nitrogen and oxygen atoms in total. The summed E-state index contributed by atoms with van der Waals surface area (Å²) in [5.74, 6) is 0.944. The van der Waals surface area contributed by atoms with Crippen molar-refractivity contribution >= 4 is 0 Å². The number of benzene rings is 1. The molecule has 0 radical (unpaired) electrons. The van der Waals surface area contributed by atoms with Crippen molar-refractivity contribution in [1.82, 2.24) is 0 Å². The van der Waals surface area contributed by atoms with E-state index in [1.54, 1.807) is 6.08 Å².